The lowest BCUT2D eigenvalue weighted by Crippen LogP contribution is -1.94. The summed E-state index contributed by atoms with van der Waals surface area (Å²) in [5.41, 5.74) is 2.24. The lowest BCUT2D eigenvalue weighted by molar-refractivity contribution is 1.13. The van der Waals surface area contributed by atoms with Gasteiger partial charge in [-0.25, -0.2) is 0 Å². The van der Waals surface area contributed by atoms with E-state index in [9.17, 15) is 0 Å². The number of para-hydroxylation sites is 2. The maximum absolute atomic E-state index is 7.35. The maximum Gasteiger partial charge on any atom is 0.302 e. The molecular weight excluding hydrogens is 234 g/mol. The summed E-state index contributed by atoms with van der Waals surface area (Å²) in [6, 6.07) is 20.3. The van der Waals surface area contributed by atoms with Gasteiger partial charge in [0.25, 0.3) is 0 Å². The predicted octanol–water partition coefficient (Wildman–Crippen LogP) is 5.27. The number of hydrogen-bond acceptors (Lipinski definition) is 1. The molecule has 0 atom stereocenters. The zero-order chi connectivity index (χ0) is 11.2. The molecule has 2 nitrogen and oxygen atoms in total. The highest BCUT2D eigenvalue weighted by Gasteiger charge is 2.11. The van der Waals surface area contributed by atoms with Crippen LogP contribution >= 0.6 is 16.1 Å². The summed E-state index contributed by atoms with van der Waals surface area (Å²) in [4.78, 5) is 0. The first-order valence-electron chi connectivity index (χ1n) is 4.89. The van der Waals surface area contributed by atoms with Crippen molar-refractivity contribution in [2.75, 3.05) is 0 Å². The van der Waals surface area contributed by atoms with Crippen LogP contribution in [0.2, 0.25) is 0 Å². The van der Waals surface area contributed by atoms with Gasteiger partial charge in [0.1, 0.15) is 8.06 Å². The molecule has 2 aromatic carbocycles. The maximum atomic E-state index is 7.35. The molecule has 0 aromatic heterocycles. The number of nitrogens with zero attached hydrogens (tertiary/aromatic N) is 1. The van der Waals surface area contributed by atoms with Crippen LogP contribution in [-0.2, 0) is 0 Å². The molecule has 0 spiro atoms. The molecule has 0 aliphatic heterocycles. The number of rotatable bonds is 3. The quantitative estimate of drug-likeness (QED) is 0.712. The highest BCUT2D eigenvalue weighted by Crippen LogP contribution is 2.30. The smallest absolute Gasteiger partial charge is 0.270 e. The second kappa shape index (κ2) is 5.65. The summed E-state index contributed by atoms with van der Waals surface area (Å²) < 4.78 is 2.12. The minimum absolute atomic E-state index is 0.592. The average Bonchev–Trinajstić information content (AvgIpc) is 2.38. The molecule has 2 aromatic rings. The van der Waals surface area contributed by atoms with E-state index in [0.29, 0.717) is 8.06 Å². The van der Waals surface area contributed by atoms with Crippen LogP contribution in [0.5, 0.6) is 0 Å². The zero-order valence-corrected chi connectivity index (χ0v) is 10.4. The molecular formula is C12H11N2P2+. The van der Waals surface area contributed by atoms with Crippen molar-refractivity contribution in [1.82, 2.24) is 4.33 Å². The SMILES string of the molecule is N=PP=[N+](c1ccccc1)c1ccccc1. The van der Waals surface area contributed by atoms with Crippen molar-refractivity contribution in [3.8, 4) is 0 Å². The van der Waals surface area contributed by atoms with Gasteiger partial charge in [0.15, 0.2) is 0 Å². The van der Waals surface area contributed by atoms with E-state index in [1.165, 1.54) is 0 Å². The van der Waals surface area contributed by atoms with Crippen LogP contribution in [0, 0.1) is 5.16 Å². The molecule has 1 N–H and O–H groups in total. The molecule has 0 heterocycles. The second-order valence-electron chi connectivity index (χ2n) is 3.17. The molecule has 0 radical (unpaired) electrons. The van der Waals surface area contributed by atoms with Crippen LogP contribution in [0.15, 0.2) is 60.7 Å². The van der Waals surface area contributed by atoms with Gasteiger partial charge < -0.3 is 0 Å². The molecule has 0 unspecified atom stereocenters. The zero-order valence-electron chi connectivity index (χ0n) is 8.62. The first-order valence-corrected chi connectivity index (χ1v) is 7.34. The van der Waals surface area contributed by atoms with Gasteiger partial charge in [-0.05, 0) is 0 Å². The van der Waals surface area contributed by atoms with Gasteiger partial charge in [-0.1, -0.05) is 36.4 Å². The predicted molar refractivity (Wildman–Crippen MR) is 70.9 cm³/mol. The van der Waals surface area contributed by atoms with E-state index in [0.717, 1.165) is 19.4 Å². The number of nitrogens with one attached hydrogen (secondary N) is 1. The molecule has 16 heavy (non-hydrogen) atoms. The summed E-state index contributed by atoms with van der Waals surface area (Å²) in [7, 11) is 1.54. The number of benzene rings is 2. The molecule has 2 rings (SSSR count). The van der Waals surface area contributed by atoms with Crippen molar-refractivity contribution >= 4 is 27.5 Å². The van der Waals surface area contributed by atoms with E-state index in [2.05, 4.69) is 28.6 Å². The van der Waals surface area contributed by atoms with E-state index >= 15 is 0 Å². The van der Waals surface area contributed by atoms with Gasteiger partial charge in [-0.2, -0.15) is 0 Å². The average molecular weight is 245 g/mol. The fraction of sp³-hybridized carbons (Fsp3) is 0. The normalized spacial score (nSPS) is 10.5. The van der Waals surface area contributed by atoms with E-state index in [1.807, 2.05) is 36.4 Å². The van der Waals surface area contributed by atoms with Crippen LogP contribution in [0.25, 0.3) is 0 Å². The van der Waals surface area contributed by atoms with Crippen LogP contribution in [0.4, 0.5) is 11.4 Å². The Hall–Kier alpha value is -1.36. The van der Waals surface area contributed by atoms with Crippen molar-refractivity contribution in [2.24, 2.45) is 0 Å². The first-order chi connectivity index (χ1) is 7.92. The van der Waals surface area contributed by atoms with Gasteiger partial charge in [-0.15, -0.1) is 4.33 Å². The standard InChI is InChI=1S/C12H11N2P2/c13-15-16-14(11-7-3-1-4-8-11)12-9-5-2-6-10-12/h1-10,13H/q+1. The van der Waals surface area contributed by atoms with Gasteiger partial charge in [-0.3, -0.25) is 5.16 Å². The summed E-state index contributed by atoms with van der Waals surface area (Å²) in [6.45, 7) is 0. The summed E-state index contributed by atoms with van der Waals surface area (Å²) in [5, 5.41) is 7.35. The first kappa shape index (κ1) is 11.1. The Morgan fingerprint density at radius 1 is 0.750 bits per heavy atom. The second-order valence-corrected chi connectivity index (χ2v) is 5.09. The Balaban J connectivity index is 2.48. The van der Waals surface area contributed by atoms with Crippen molar-refractivity contribution in [2.45, 2.75) is 0 Å². The fourth-order valence-corrected chi connectivity index (χ4v) is 2.89. The van der Waals surface area contributed by atoms with Gasteiger partial charge in [0, 0.05) is 24.3 Å². The molecule has 4 heteroatoms. The summed E-state index contributed by atoms with van der Waals surface area (Å²) in [5.74, 6) is 0. The van der Waals surface area contributed by atoms with Gasteiger partial charge in [0.2, 0.25) is 11.4 Å². The largest absolute Gasteiger partial charge is 0.302 e. The van der Waals surface area contributed by atoms with E-state index in [4.69, 9.17) is 5.16 Å². The summed E-state index contributed by atoms with van der Waals surface area (Å²) >= 11 is 0. The molecule has 78 valence electrons. The van der Waals surface area contributed by atoms with E-state index in [-0.39, 0.29) is 0 Å². The minimum atomic E-state index is 0.592. The Labute approximate surface area is 98.0 Å². The third-order valence-electron chi connectivity index (χ3n) is 2.14. The Bertz CT molecular complexity index is 453. The molecule has 0 amide bonds. The molecule has 0 saturated carbocycles. The molecule has 0 bridgehead atoms. The van der Waals surface area contributed by atoms with Crippen LogP contribution in [-0.4, -0.2) is 0 Å². The van der Waals surface area contributed by atoms with Gasteiger partial charge in [0.05, 0.1) is 0 Å². The number of hydrogen-bond donors (Lipinski definition) is 1. The molecule has 0 fully saturated rings. The fourth-order valence-electron chi connectivity index (χ4n) is 1.44. The topological polar surface area (TPSA) is 26.9 Å². The van der Waals surface area contributed by atoms with Crippen LogP contribution in [0.1, 0.15) is 0 Å². The minimum Gasteiger partial charge on any atom is -0.270 e. The monoisotopic (exact) mass is 245 g/mol. The Morgan fingerprint density at radius 3 is 1.56 bits per heavy atom. The van der Waals surface area contributed by atoms with Crippen LogP contribution in [0.3, 0.4) is 0 Å². The Morgan fingerprint density at radius 2 is 1.19 bits per heavy atom. The molecule has 0 aliphatic rings. The lowest BCUT2D eigenvalue weighted by Gasteiger charge is -1.98. The molecule has 0 aliphatic carbocycles. The van der Waals surface area contributed by atoms with Crippen molar-refractivity contribution in [1.29, 1.82) is 5.16 Å². The van der Waals surface area contributed by atoms with E-state index < -0.39 is 0 Å². The highest BCUT2D eigenvalue weighted by atomic mass is 32.0. The van der Waals surface area contributed by atoms with Crippen molar-refractivity contribution in [3.63, 3.8) is 0 Å². The Kier molecular flexibility index (Phi) is 3.93. The van der Waals surface area contributed by atoms with Gasteiger partial charge >= 0.3 is 8.06 Å². The third-order valence-corrected chi connectivity index (χ3v) is 3.67. The van der Waals surface area contributed by atoms with E-state index in [1.54, 1.807) is 0 Å². The van der Waals surface area contributed by atoms with Crippen LogP contribution < -0.4 is 4.33 Å². The third kappa shape index (κ3) is 2.61. The van der Waals surface area contributed by atoms with Crippen molar-refractivity contribution in [3.05, 3.63) is 60.7 Å². The van der Waals surface area contributed by atoms with Crippen molar-refractivity contribution < 1.29 is 0 Å². The highest BCUT2D eigenvalue weighted by molar-refractivity contribution is 8.01. The molecule has 0 saturated heterocycles. The lowest BCUT2D eigenvalue weighted by atomic mass is 10.3. The summed E-state index contributed by atoms with van der Waals surface area (Å²) in [6.07, 6.45) is 0.